The van der Waals surface area contributed by atoms with Gasteiger partial charge in [-0.1, -0.05) is 6.07 Å². The first kappa shape index (κ1) is 12.7. The van der Waals surface area contributed by atoms with Crippen molar-refractivity contribution in [2.75, 3.05) is 5.32 Å². The lowest BCUT2D eigenvalue weighted by Crippen LogP contribution is -2.30. The van der Waals surface area contributed by atoms with Crippen LogP contribution in [0.1, 0.15) is 24.5 Å². The molecular formula is C14H16N4O2. The molecule has 0 spiro atoms. The summed E-state index contributed by atoms with van der Waals surface area (Å²) >= 11 is 0. The molecule has 0 saturated carbocycles. The minimum atomic E-state index is -0.598. The topological polar surface area (TPSA) is 79.9 Å². The Morgan fingerprint density at radius 1 is 1.40 bits per heavy atom. The number of H-pyrrole nitrogens is 1. The molecule has 20 heavy (non-hydrogen) atoms. The van der Waals surface area contributed by atoms with Gasteiger partial charge < -0.3 is 4.74 Å². The number of rotatable bonds is 4. The lowest BCUT2D eigenvalue weighted by molar-refractivity contribution is -0.122. The maximum Gasteiger partial charge on any atom is 0.267 e. The average molecular weight is 272 g/mol. The van der Waals surface area contributed by atoms with E-state index in [1.54, 1.807) is 6.92 Å². The number of nitrogens with one attached hydrogen (secondary N) is 2. The van der Waals surface area contributed by atoms with E-state index >= 15 is 0 Å². The molecular weight excluding hydrogens is 256 g/mol. The van der Waals surface area contributed by atoms with Gasteiger partial charge in [0.1, 0.15) is 12.1 Å². The number of carbonyl (C=O) groups is 1. The van der Waals surface area contributed by atoms with Gasteiger partial charge in [0.05, 0.1) is 0 Å². The molecule has 6 nitrogen and oxygen atoms in total. The maximum atomic E-state index is 11.9. The van der Waals surface area contributed by atoms with Crippen molar-refractivity contribution in [1.29, 1.82) is 0 Å². The minimum absolute atomic E-state index is 0.262. The van der Waals surface area contributed by atoms with Gasteiger partial charge in [-0.3, -0.25) is 10.1 Å². The third kappa shape index (κ3) is 2.64. The molecule has 1 atom stereocenters. The normalized spacial score (nSPS) is 14.7. The smallest absolute Gasteiger partial charge is 0.267 e. The zero-order valence-corrected chi connectivity index (χ0v) is 11.2. The number of ether oxygens (including phenoxy) is 1. The Hall–Kier alpha value is -2.37. The standard InChI is InChI=1S/C14H16N4O2/c1-9(13(19)17-14-15-8-16-18-14)20-12-6-5-10-3-2-4-11(10)7-12/h5-9H,2-4H2,1H3,(H2,15,16,17,18,19). The molecule has 1 aliphatic carbocycles. The Bertz CT molecular complexity index is 610. The van der Waals surface area contributed by atoms with E-state index in [-0.39, 0.29) is 5.91 Å². The molecule has 1 aromatic heterocycles. The first-order valence-electron chi connectivity index (χ1n) is 6.67. The van der Waals surface area contributed by atoms with Crippen LogP contribution >= 0.6 is 0 Å². The lowest BCUT2D eigenvalue weighted by atomic mass is 10.1. The van der Waals surface area contributed by atoms with Crippen LogP contribution in [0.4, 0.5) is 5.95 Å². The lowest BCUT2D eigenvalue weighted by Gasteiger charge is -2.14. The summed E-state index contributed by atoms with van der Waals surface area (Å²) in [4.78, 5) is 15.8. The second kappa shape index (κ2) is 5.32. The number of aromatic amines is 1. The van der Waals surface area contributed by atoms with Gasteiger partial charge in [0.25, 0.3) is 5.91 Å². The number of amides is 1. The van der Waals surface area contributed by atoms with Crippen molar-refractivity contribution in [1.82, 2.24) is 15.2 Å². The van der Waals surface area contributed by atoms with E-state index in [2.05, 4.69) is 26.6 Å². The highest BCUT2D eigenvalue weighted by atomic mass is 16.5. The minimum Gasteiger partial charge on any atom is -0.481 e. The summed E-state index contributed by atoms with van der Waals surface area (Å²) in [6.45, 7) is 1.71. The zero-order chi connectivity index (χ0) is 13.9. The SMILES string of the molecule is CC(Oc1ccc2c(c1)CCC2)C(=O)Nc1ncn[nH]1. The summed E-state index contributed by atoms with van der Waals surface area (Å²) < 4.78 is 5.68. The molecule has 0 aliphatic heterocycles. The molecule has 0 saturated heterocycles. The fourth-order valence-electron chi connectivity index (χ4n) is 2.36. The first-order chi connectivity index (χ1) is 9.72. The molecule has 6 heteroatoms. The third-order valence-electron chi connectivity index (χ3n) is 3.41. The van der Waals surface area contributed by atoms with E-state index < -0.39 is 6.10 Å². The van der Waals surface area contributed by atoms with E-state index in [0.29, 0.717) is 5.95 Å². The Morgan fingerprint density at radius 3 is 3.05 bits per heavy atom. The summed E-state index contributed by atoms with van der Waals surface area (Å²) in [5, 5.41) is 8.84. The summed E-state index contributed by atoms with van der Waals surface area (Å²) in [5.74, 6) is 0.785. The molecule has 104 valence electrons. The van der Waals surface area contributed by atoms with Gasteiger partial charge in [-0.2, -0.15) is 10.1 Å². The predicted octanol–water partition coefficient (Wildman–Crippen LogP) is 1.70. The number of nitrogens with zero attached hydrogens (tertiary/aromatic N) is 2. The number of hydrogen-bond donors (Lipinski definition) is 2. The zero-order valence-electron chi connectivity index (χ0n) is 11.2. The molecule has 1 aliphatic rings. The molecule has 1 unspecified atom stereocenters. The molecule has 0 radical (unpaired) electrons. The monoisotopic (exact) mass is 272 g/mol. The van der Waals surface area contributed by atoms with E-state index in [1.165, 1.54) is 23.9 Å². The van der Waals surface area contributed by atoms with Crippen LogP contribution in [0.5, 0.6) is 5.75 Å². The molecule has 0 bridgehead atoms. The van der Waals surface area contributed by atoms with Crippen LogP contribution in [0.25, 0.3) is 0 Å². The second-order valence-corrected chi connectivity index (χ2v) is 4.87. The second-order valence-electron chi connectivity index (χ2n) is 4.87. The van der Waals surface area contributed by atoms with Crippen LogP contribution in [-0.4, -0.2) is 27.2 Å². The highest BCUT2D eigenvalue weighted by Crippen LogP contribution is 2.26. The number of aryl methyl sites for hydroxylation is 2. The number of carbonyl (C=O) groups excluding carboxylic acids is 1. The number of benzene rings is 1. The van der Waals surface area contributed by atoms with Gasteiger partial charge in [-0.25, -0.2) is 5.10 Å². The van der Waals surface area contributed by atoms with Crippen LogP contribution in [0.2, 0.25) is 0 Å². The van der Waals surface area contributed by atoms with Crippen LogP contribution < -0.4 is 10.1 Å². The van der Waals surface area contributed by atoms with Crippen molar-refractivity contribution in [3.05, 3.63) is 35.7 Å². The van der Waals surface area contributed by atoms with E-state index in [1.807, 2.05) is 12.1 Å². The molecule has 1 heterocycles. The number of anilines is 1. The van der Waals surface area contributed by atoms with E-state index in [4.69, 9.17) is 4.74 Å². The summed E-state index contributed by atoms with van der Waals surface area (Å²) in [7, 11) is 0. The quantitative estimate of drug-likeness (QED) is 0.887. The fourth-order valence-corrected chi connectivity index (χ4v) is 2.36. The Balaban J connectivity index is 1.63. The van der Waals surface area contributed by atoms with Crippen molar-refractivity contribution in [2.45, 2.75) is 32.3 Å². The van der Waals surface area contributed by atoms with Gasteiger partial charge in [-0.15, -0.1) is 0 Å². The van der Waals surface area contributed by atoms with Crippen molar-refractivity contribution >= 4 is 11.9 Å². The highest BCUT2D eigenvalue weighted by molar-refractivity contribution is 5.92. The number of aromatic nitrogens is 3. The van der Waals surface area contributed by atoms with Crippen LogP contribution in [0.3, 0.4) is 0 Å². The van der Waals surface area contributed by atoms with Crippen LogP contribution in [0.15, 0.2) is 24.5 Å². The van der Waals surface area contributed by atoms with Gasteiger partial charge in [0.15, 0.2) is 6.10 Å². The average Bonchev–Trinajstić information content (AvgIpc) is 3.08. The first-order valence-corrected chi connectivity index (χ1v) is 6.67. The van der Waals surface area contributed by atoms with Gasteiger partial charge in [-0.05, 0) is 49.4 Å². The van der Waals surface area contributed by atoms with Crippen molar-refractivity contribution in [3.8, 4) is 5.75 Å². The Labute approximate surface area is 116 Å². The third-order valence-corrected chi connectivity index (χ3v) is 3.41. The molecule has 2 aromatic rings. The fraction of sp³-hybridized carbons (Fsp3) is 0.357. The van der Waals surface area contributed by atoms with Crippen molar-refractivity contribution in [3.63, 3.8) is 0 Å². The molecule has 1 aromatic carbocycles. The molecule has 2 N–H and O–H groups in total. The Kier molecular flexibility index (Phi) is 3.37. The number of fused-ring (bicyclic) bond motifs is 1. The molecule has 0 fully saturated rings. The van der Waals surface area contributed by atoms with Crippen LogP contribution in [-0.2, 0) is 17.6 Å². The van der Waals surface area contributed by atoms with E-state index in [9.17, 15) is 4.79 Å². The van der Waals surface area contributed by atoms with Crippen molar-refractivity contribution in [2.24, 2.45) is 0 Å². The summed E-state index contributed by atoms with van der Waals surface area (Å²) in [6.07, 6.45) is 4.16. The summed E-state index contributed by atoms with van der Waals surface area (Å²) in [6, 6.07) is 6.03. The van der Waals surface area contributed by atoms with Gasteiger partial charge >= 0.3 is 0 Å². The van der Waals surface area contributed by atoms with Gasteiger partial charge in [0.2, 0.25) is 5.95 Å². The molecule has 3 rings (SSSR count). The maximum absolute atomic E-state index is 11.9. The molecule has 1 amide bonds. The van der Waals surface area contributed by atoms with Crippen LogP contribution in [0, 0.1) is 0 Å². The Morgan fingerprint density at radius 2 is 2.25 bits per heavy atom. The highest BCUT2D eigenvalue weighted by Gasteiger charge is 2.17. The number of hydrogen-bond acceptors (Lipinski definition) is 4. The van der Waals surface area contributed by atoms with Crippen molar-refractivity contribution < 1.29 is 9.53 Å². The van der Waals surface area contributed by atoms with E-state index in [0.717, 1.165) is 18.6 Å². The largest absolute Gasteiger partial charge is 0.481 e. The van der Waals surface area contributed by atoms with Gasteiger partial charge in [0, 0.05) is 0 Å². The summed E-state index contributed by atoms with van der Waals surface area (Å²) in [5.41, 5.74) is 2.71. The predicted molar refractivity (Wildman–Crippen MR) is 73.6 cm³/mol.